The first-order chi connectivity index (χ1) is 7.63. The van der Waals surface area contributed by atoms with Crippen molar-refractivity contribution in [3.63, 3.8) is 0 Å². The molecule has 2 nitrogen and oxygen atoms in total. The SMILES string of the molecule is CCc1[nH]c(-c2cscc2C)nc(=S)c1C. The standard InChI is InChI=1S/C12H14N2S2/c1-4-10-8(3)12(15)14-11(13-10)9-6-16-5-7(9)2/h5-6H,4H2,1-3H3,(H,13,14,15). The zero-order chi connectivity index (χ0) is 11.7. The van der Waals surface area contributed by atoms with Crippen LogP contribution in [-0.2, 0) is 6.42 Å². The molecule has 0 amide bonds. The number of hydrogen-bond acceptors (Lipinski definition) is 3. The lowest BCUT2D eigenvalue weighted by Crippen LogP contribution is -1.99. The van der Waals surface area contributed by atoms with Crippen LogP contribution in [-0.4, -0.2) is 9.97 Å². The maximum absolute atomic E-state index is 5.28. The second-order valence-electron chi connectivity index (χ2n) is 3.82. The number of aromatic amines is 1. The zero-order valence-electron chi connectivity index (χ0n) is 9.63. The van der Waals surface area contributed by atoms with Gasteiger partial charge in [0.05, 0.1) is 0 Å². The molecule has 16 heavy (non-hydrogen) atoms. The van der Waals surface area contributed by atoms with Gasteiger partial charge in [0.15, 0.2) is 0 Å². The lowest BCUT2D eigenvalue weighted by atomic mass is 10.1. The van der Waals surface area contributed by atoms with Crippen LogP contribution in [0.5, 0.6) is 0 Å². The van der Waals surface area contributed by atoms with Crippen molar-refractivity contribution in [2.24, 2.45) is 0 Å². The topological polar surface area (TPSA) is 28.7 Å². The molecule has 0 spiro atoms. The van der Waals surface area contributed by atoms with Gasteiger partial charge in [-0.15, -0.1) is 0 Å². The smallest absolute Gasteiger partial charge is 0.140 e. The van der Waals surface area contributed by atoms with Gasteiger partial charge in [-0.25, -0.2) is 4.98 Å². The summed E-state index contributed by atoms with van der Waals surface area (Å²) in [6.45, 7) is 6.24. The summed E-state index contributed by atoms with van der Waals surface area (Å²) in [6.07, 6.45) is 0.953. The van der Waals surface area contributed by atoms with Crippen molar-refractivity contribution in [1.82, 2.24) is 9.97 Å². The van der Waals surface area contributed by atoms with Crippen LogP contribution < -0.4 is 0 Å². The van der Waals surface area contributed by atoms with Crippen LogP contribution in [0.1, 0.15) is 23.7 Å². The van der Waals surface area contributed by atoms with Gasteiger partial charge < -0.3 is 4.98 Å². The van der Waals surface area contributed by atoms with E-state index in [2.05, 4.69) is 34.6 Å². The molecule has 0 saturated carbocycles. The highest BCUT2D eigenvalue weighted by Gasteiger charge is 2.08. The Morgan fingerprint density at radius 1 is 1.38 bits per heavy atom. The van der Waals surface area contributed by atoms with E-state index in [1.807, 2.05) is 6.92 Å². The normalized spacial score (nSPS) is 10.7. The largest absolute Gasteiger partial charge is 0.343 e. The quantitative estimate of drug-likeness (QED) is 0.815. The third-order valence-corrected chi connectivity index (χ3v) is 3.98. The molecule has 0 aliphatic carbocycles. The summed E-state index contributed by atoms with van der Waals surface area (Å²) in [5.41, 5.74) is 4.68. The van der Waals surface area contributed by atoms with Crippen LogP contribution >= 0.6 is 23.6 Å². The molecule has 0 aromatic carbocycles. The summed E-state index contributed by atoms with van der Waals surface area (Å²) in [4.78, 5) is 7.83. The van der Waals surface area contributed by atoms with Gasteiger partial charge in [0.1, 0.15) is 10.5 Å². The molecule has 1 N–H and O–H groups in total. The summed E-state index contributed by atoms with van der Waals surface area (Å²) in [6, 6.07) is 0. The van der Waals surface area contributed by atoms with Crippen LogP contribution in [0.25, 0.3) is 11.4 Å². The fourth-order valence-electron chi connectivity index (χ4n) is 1.66. The highest BCUT2D eigenvalue weighted by atomic mass is 32.1. The van der Waals surface area contributed by atoms with E-state index in [0.29, 0.717) is 4.64 Å². The number of thiophene rings is 1. The van der Waals surface area contributed by atoms with Crippen LogP contribution in [0.15, 0.2) is 10.8 Å². The van der Waals surface area contributed by atoms with Gasteiger partial charge in [0.2, 0.25) is 0 Å². The van der Waals surface area contributed by atoms with Crippen molar-refractivity contribution in [2.75, 3.05) is 0 Å². The molecule has 0 bridgehead atoms. The van der Waals surface area contributed by atoms with Gasteiger partial charge in [-0.3, -0.25) is 0 Å². The number of rotatable bonds is 2. The van der Waals surface area contributed by atoms with Gasteiger partial charge in [-0.1, -0.05) is 19.1 Å². The van der Waals surface area contributed by atoms with Gasteiger partial charge in [-0.05, 0) is 31.2 Å². The predicted molar refractivity (Wildman–Crippen MR) is 71.6 cm³/mol. The average molecular weight is 250 g/mol. The Labute approximate surface area is 104 Å². The van der Waals surface area contributed by atoms with E-state index in [1.54, 1.807) is 11.3 Å². The maximum atomic E-state index is 5.28. The Kier molecular flexibility index (Phi) is 3.21. The first-order valence-electron chi connectivity index (χ1n) is 5.26. The molecular weight excluding hydrogens is 236 g/mol. The summed E-state index contributed by atoms with van der Waals surface area (Å²) < 4.78 is 0.705. The monoisotopic (exact) mass is 250 g/mol. The van der Waals surface area contributed by atoms with E-state index >= 15 is 0 Å². The predicted octanol–water partition coefficient (Wildman–Crippen LogP) is 4.05. The van der Waals surface area contributed by atoms with Crippen molar-refractivity contribution in [3.05, 3.63) is 32.2 Å². The fourth-order valence-corrected chi connectivity index (χ4v) is 2.71. The van der Waals surface area contributed by atoms with E-state index < -0.39 is 0 Å². The lowest BCUT2D eigenvalue weighted by Gasteiger charge is -2.07. The Morgan fingerprint density at radius 2 is 2.12 bits per heavy atom. The van der Waals surface area contributed by atoms with E-state index in [1.165, 1.54) is 11.3 Å². The highest BCUT2D eigenvalue weighted by molar-refractivity contribution is 7.71. The Hall–Kier alpha value is -1.00. The van der Waals surface area contributed by atoms with Crippen molar-refractivity contribution in [3.8, 4) is 11.4 Å². The molecule has 84 valence electrons. The highest BCUT2D eigenvalue weighted by Crippen LogP contribution is 2.24. The molecule has 0 fully saturated rings. The maximum Gasteiger partial charge on any atom is 0.140 e. The van der Waals surface area contributed by atoms with Crippen molar-refractivity contribution in [1.29, 1.82) is 0 Å². The lowest BCUT2D eigenvalue weighted by molar-refractivity contribution is 0.968. The average Bonchev–Trinajstić information content (AvgIpc) is 2.68. The fraction of sp³-hybridized carbons (Fsp3) is 0.333. The third-order valence-electron chi connectivity index (χ3n) is 2.72. The molecule has 2 heterocycles. The summed E-state index contributed by atoms with van der Waals surface area (Å²) >= 11 is 6.97. The number of nitrogens with one attached hydrogen (secondary N) is 1. The van der Waals surface area contributed by atoms with Crippen LogP contribution in [0.3, 0.4) is 0 Å². The first-order valence-corrected chi connectivity index (χ1v) is 6.61. The minimum absolute atomic E-state index is 0.705. The van der Waals surface area contributed by atoms with Crippen LogP contribution in [0.4, 0.5) is 0 Å². The second kappa shape index (κ2) is 4.47. The molecule has 2 aromatic rings. The van der Waals surface area contributed by atoms with E-state index in [0.717, 1.165) is 23.4 Å². The van der Waals surface area contributed by atoms with Crippen molar-refractivity contribution in [2.45, 2.75) is 27.2 Å². The zero-order valence-corrected chi connectivity index (χ0v) is 11.3. The van der Waals surface area contributed by atoms with Crippen LogP contribution in [0, 0.1) is 18.5 Å². The van der Waals surface area contributed by atoms with Gasteiger partial charge in [0.25, 0.3) is 0 Å². The molecule has 0 aliphatic heterocycles. The van der Waals surface area contributed by atoms with E-state index in [4.69, 9.17) is 12.2 Å². The molecule has 0 saturated heterocycles. The molecule has 0 aliphatic rings. The molecule has 4 heteroatoms. The Bertz CT molecular complexity index is 567. The molecule has 0 atom stereocenters. The summed E-state index contributed by atoms with van der Waals surface area (Å²) in [5.74, 6) is 0.895. The van der Waals surface area contributed by atoms with Gasteiger partial charge in [-0.2, -0.15) is 11.3 Å². The third kappa shape index (κ3) is 1.95. The van der Waals surface area contributed by atoms with E-state index in [-0.39, 0.29) is 0 Å². The molecule has 0 unspecified atom stereocenters. The molecular formula is C12H14N2S2. The number of aryl methyl sites for hydroxylation is 2. The van der Waals surface area contributed by atoms with Crippen molar-refractivity contribution >= 4 is 23.6 Å². The number of H-pyrrole nitrogens is 1. The number of nitrogens with zero attached hydrogens (tertiary/aromatic N) is 1. The van der Waals surface area contributed by atoms with Crippen LogP contribution in [0.2, 0.25) is 0 Å². The molecule has 2 aromatic heterocycles. The minimum Gasteiger partial charge on any atom is -0.343 e. The molecule has 0 radical (unpaired) electrons. The summed E-state index contributed by atoms with van der Waals surface area (Å²) in [5, 5.41) is 4.23. The Balaban J connectivity index is 2.64. The Morgan fingerprint density at radius 3 is 2.69 bits per heavy atom. The van der Waals surface area contributed by atoms with Gasteiger partial charge >= 0.3 is 0 Å². The second-order valence-corrected chi connectivity index (χ2v) is 4.95. The number of hydrogen-bond donors (Lipinski definition) is 1. The minimum atomic E-state index is 0.705. The molecule has 2 rings (SSSR count). The number of aromatic nitrogens is 2. The van der Waals surface area contributed by atoms with Gasteiger partial charge in [0, 0.05) is 22.2 Å². The first kappa shape index (κ1) is 11.5. The summed E-state index contributed by atoms with van der Waals surface area (Å²) in [7, 11) is 0. The van der Waals surface area contributed by atoms with Crippen molar-refractivity contribution < 1.29 is 0 Å². The van der Waals surface area contributed by atoms with E-state index in [9.17, 15) is 0 Å².